The Kier molecular flexibility index (Phi) is 5.65. The van der Waals surface area contributed by atoms with Crippen molar-refractivity contribution >= 4 is 21.8 Å². The number of nitrogens with one attached hydrogen (secondary N) is 1. The Morgan fingerprint density at radius 2 is 1.94 bits per heavy atom. The third kappa shape index (κ3) is 5.84. The molecule has 1 amide bonds. The van der Waals surface area contributed by atoms with Crippen molar-refractivity contribution in [1.82, 2.24) is 5.32 Å². The van der Waals surface area contributed by atoms with E-state index in [9.17, 15) is 4.79 Å². The van der Waals surface area contributed by atoms with E-state index in [4.69, 9.17) is 5.73 Å². The molecule has 2 unspecified atom stereocenters. The van der Waals surface area contributed by atoms with Gasteiger partial charge in [-0.3, -0.25) is 4.79 Å². The average Bonchev–Trinajstić information content (AvgIpc) is 2.19. The third-order valence-corrected chi connectivity index (χ3v) is 2.90. The van der Waals surface area contributed by atoms with Crippen LogP contribution >= 0.6 is 15.9 Å². The Morgan fingerprint density at radius 3 is 2.47 bits per heavy atom. The Balaban J connectivity index is 2.41. The van der Waals surface area contributed by atoms with Gasteiger partial charge >= 0.3 is 0 Å². The van der Waals surface area contributed by atoms with E-state index in [1.807, 2.05) is 26.0 Å². The summed E-state index contributed by atoms with van der Waals surface area (Å²) in [6.45, 7) is 3.83. The van der Waals surface area contributed by atoms with E-state index in [0.717, 1.165) is 10.9 Å². The fraction of sp³-hybridized carbons (Fsp3) is 0.462. The number of benzene rings is 1. The second kappa shape index (κ2) is 6.77. The first kappa shape index (κ1) is 14.2. The number of nitrogens with two attached hydrogens (primary N) is 1. The highest BCUT2D eigenvalue weighted by molar-refractivity contribution is 9.10. The van der Waals surface area contributed by atoms with E-state index in [2.05, 4.69) is 33.4 Å². The SMILES string of the molecule is CC(N)CC(=O)NC(C)Cc1ccc(Br)cc1. The van der Waals surface area contributed by atoms with Crippen molar-refractivity contribution in [2.75, 3.05) is 0 Å². The van der Waals surface area contributed by atoms with Crippen molar-refractivity contribution in [3.63, 3.8) is 0 Å². The van der Waals surface area contributed by atoms with Gasteiger partial charge in [0.25, 0.3) is 0 Å². The third-order valence-electron chi connectivity index (χ3n) is 2.37. The van der Waals surface area contributed by atoms with Gasteiger partial charge in [0.15, 0.2) is 0 Å². The van der Waals surface area contributed by atoms with Crippen molar-refractivity contribution in [3.05, 3.63) is 34.3 Å². The lowest BCUT2D eigenvalue weighted by molar-refractivity contribution is -0.121. The molecule has 0 aliphatic rings. The first-order valence-corrected chi connectivity index (χ1v) is 6.56. The van der Waals surface area contributed by atoms with Gasteiger partial charge < -0.3 is 11.1 Å². The maximum Gasteiger partial charge on any atom is 0.221 e. The Hall–Kier alpha value is -0.870. The van der Waals surface area contributed by atoms with Gasteiger partial charge in [-0.15, -0.1) is 0 Å². The standard InChI is InChI=1S/C13H19BrN2O/c1-9(15)7-13(17)16-10(2)8-11-3-5-12(14)6-4-11/h3-6,9-10H,7-8,15H2,1-2H3,(H,16,17). The second-order valence-corrected chi connectivity index (χ2v) is 5.40. The predicted octanol–water partition coefficient (Wildman–Crippen LogP) is 2.23. The predicted molar refractivity (Wildman–Crippen MR) is 73.7 cm³/mol. The number of carbonyl (C=O) groups is 1. The van der Waals surface area contributed by atoms with Gasteiger partial charge in [0.1, 0.15) is 0 Å². The summed E-state index contributed by atoms with van der Waals surface area (Å²) in [5, 5.41) is 2.94. The molecule has 94 valence electrons. The van der Waals surface area contributed by atoms with E-state index in [1.165, 1.54) is 5.56 Å². The van der Waals surface area contributed by atoms with Gasteiger partial charge in [-0.1, -0.05) is 28.1 Å². The summed E-state index contributed by atoms with van der Waals surface area (Å²) in [4.78, 5) is 11.5. The molecule has 1 aromatic rings. The molecule has 0 fully saturated rings. The zero-order valence-corrected chi connectivity index (χ0v) is 11.8. The zero-order chi connectivity index (χ0) is 12.8. The fourth-order valence-corrected chi connectivity index (χ4v) is 1.92. The molecule has 2 atom stereocenters. The molecule has 0 aromatic heterocycles. The van der Waals surface area contributed by atoms with Crippen LogP contribution in [0.5, 0.6) is 0 Å². The minimum absolute atomic E-state index is 0.0182. The number of carbonyl (C=O) groups excluding carboxylic acids is 1. The van der Waals surface area contributed by atoms with E-state index in [0.29, 0.717) is 6.42 Å². The van der Waals surface area contributed by atoms with E-state index in [-0.39, 0.29) is 18.0 Å². The molecule has 0 saturated carbocycles. The molecule has 0 heterocycles. The molecule has 3 N–H and O–H groups in total. The zero-order valence-electron chi connectivity index (χ0n) is 10.2. The first-order valence-electron chi connectivity index (χ1n) is 5.76. The van der Waals surface area contributed by atoms with Gasteiger partial charge in [-0.05, 0) is 38.0 Å². The molecule has 0 radical (unpaired) electrons. The van der Waals surface area contributed by atoms with E-state index < -0.39 is 0 Å². The highest BCUT2D eigenvalue weighted by Crippen LogP contribution is 2.11. The van der Waals surface area contributed by atoms with Crippen LogP contribution in [0, 0.1) is 0 Å². The summed E-state index contributed by atoms with van der Waals surface area (Å²) in [6.07, 6.45) is 1.21. The normalized spacial score (nSPS) is 14.1. The summed E-state index contributed by atoms with van der Waals surface area (Å²) in [5.41, 5.74) is 6.78. The number of rotatable bonds is 5. The second-order valence-electron chi connectivity index (χ2n) is 4.48. The maximum atomic E-state index is 11.5. The minimum Gasteiger partial charge on any atom is -0.353 e. The Bertz CT molecular complexity index is 362. The van der Waals surface area contributed by atoms with Crippen LogP contribution in [0.4, 0.5) is 0 Å². The largest absolute Gasteiger partial charge is 0.353 e. The van der Waals surface area contributed by atoms with Crippen LogP contribution in [-0.4, -0.2) is 18.0 Å². The van der Waals surface area contributed by atoms with Gasteiger partial charge in [-0.25, -0.2) is 0 Å². The summed E-state index contributed by atoms with van der Waals surface area (Å²) >= 11 is 3.40. The van der Waals surface area contributed by atoms with Crippen LogP contribution in [0.15, 0.2) is 28.7 Å². The highest BCUT2D eigenvalue weighted by atomic mass is 79.9. The van der Waals surface area contributed by atoms with Crippen molar-refractivity contribution in [3.8, 4) is 0 Å². The van der Waals surface area contributed by atoms with Crippen LogP contribution in [0.3, 0.4) is 0 Å². The topological polar surface area (TPSA) is 55.1 Å². The lowest BCUT2D eigenvalue weighted by Gasteiger charge is -2.15. The quantitative estimate of drug-likeness (QED) is 0.876. The number of halogens is 1. The van der Waals surface area contributed by atoms with Crippen molar-refractivity contribution < 1.29 is 4.79 Å². The van der Waals surface area contributed by atoms with Crippen LogP contribution in [0.1, 0.15) is 25.8 Å². The summed E-state index contributed by atoms with van der Waals surface area (Å²) < 4.78 is 1.06. The summed E-state index contributed by atoms with van der Waals surface area (Å²) in [5.74, 6) is 0.0182. The maximum absolute atomic E-state index is 11.5. The fourth-order valence-electron chi connectivity index (χ4n) is 1.65. The molecule has 1 aromatic carbocycles. The lowest BCUT2D eigenvalue weighted by Crippen LogP contribution is -2.37. The van der Waals surface area contributed by atoms with Gasteiger partial charge in [0, 0.05) is 23.0 Å². The highest BCUT2D eigenvalue weighted by Gasteiger charge is 2.09. The number of hydrogen-bond acceptors (Lipinski definition) is 2. The number of hydrogen-bond donors (Lipinski definition) is 2. The van der Waals surface area contributed by atoms with E-state index in [1.54, 1.807) is 0 Å². The lowest BCUT2D eigenvalue weighted by atomic mass is 10.1. The molecule has 17 heavy (non-hydrogen) atoms. The van der Waals surface area contributed by atoms with Crippen LogP contribution in [0.2, 0.25) is 0 Å². The summed E-state index contributed by atoms with van der Waals surface area (Å²) in [7, 11) is 0. The van der Waals surface area contributed by atoms with Gasteiger partial charge in [0.2, 0.25) is 5.91 Å². The van der Waals surface area contributed by atoms with Crippen molar-refractivity contribution in [2.45, 2.75) is 38.8 Å². The molecule has 0 saturated heterocycles. The van der Waals surface area contributed by atoms with Crippen LogP contribution in [-0.2, 0) is 11.2 Å². The minimum atomic E-state index is -0.0881. The van der Waals surface area contributed by atoms with Crippen LogP contribution in [0.25, 0.3) is 0 Å². The smallest absolute Gasteiger partial charge is 0.221 e. The molecule has 0 aliphatic heterocycles. The molecule has 0 bridgehead atoms. The molecular formula is C13H19BrN2O. The molecule has 0 spiro atoms. The molecular weight excluding hydrogens is 280 g/mol. The Labute approximate surface area is 111 Å². The van der Waals surface area contributed by atoms with Crippen LogP contribution < -0.4 is 11.1 Å². The van der Waals surface area contributed by atoms with Crippen molar-refractivity contribution in [2.24, 2.45) is 5.73 Å². The first-order chi connectivity index (χ1) is 7.97. The van der Waals surface area contributed by atoms with E-state index >= 15 is 0 Å². The van der Waals surface area contributed by atoms with Gasteiger partial charge in [-0.2, -0.15) is 0 Å². The number of amides is 1. The monoisotopic (exact) mass is 298 g/mol. The van der Waals surface area contributed by atoms with Gasteiger partial charge in [0.05, 0.1) is 0 Å². The molecule has 4 heteroatoms. The van der Waals surface area contributed by atoms with Crippen molar-refractivity contribution in [1.29, 1.82) is 0 Å². The summed E-state index contributed by atoms with van der Waals surface area (Å²) in [6, 6.07) is 8.16. The Morgan fingerprint density at radius 1 is 1.35 bits per heavy atom. The molecule has 1 rings (SSSR count). The molecule has 3 nitrogen and oxygen atoms in total. The molecule has 0 aliphatic carbocycles. The average molecular weight is 299 g/mol.